The molecular weight excluding hydrogens is 366 g/mol. The highest BCUT2D eigenvalue weighted by Gasteiger charge is 2.32. The monoisotopic (exact) mass is 385 g/mol. The van der Waals surface area contributed by atoms with Crippen molar-refractivity contribution in [3.8, 4) is 17.4 Å². The average Bonchev–Trinajstić information content (AvgIpc) is 3.19. The number of rotatable bonds is 8. The van der Waals surface area contributed by atoms with E-state index in [1.54, 1.807) is 25.5 Å². The number of ether oxygens (including phenoxy) is 1. The van der Waals surface area contributed by atoms with Crippen molar-refractivity contribution in [2.45, 2.75) is 30.7 Å². The van der Waals surface area contributed by atoms with Gasteiger partial charge in [0, 0.05) is 12.6 Å². The van der Waals surface area contributed by atoms with Crippen LogP contribution in [0, 0.1) is 0 Å². The standard InChI is InChI=1S/C19H19N3O4S/c1-24-15-8-4-13(5-9-15)11-22(14-6-7-14)17(23)12-27-19-21-20-18(26-19)16-3-2-10-25-16/h2-5,8-10,14H,6-7,11-12H2,1H3. The van der Waals surface area contributed by atoms with Gasteiger partial charge in [-0.2, -0.15) is 0 Å². The number of amides is 1. The summed E-state index contributed by atoms with van der Waals surface area (Å²) in [4.78, 5) is 14.7. The normalized spacial score (nSPS) is 13.5. The number of thioether (sulfide) groups is 1. The van der Waals surface area contributed by atoms with E-state index in [0.717, 1.165) is 24.2 Å². The molecule has 0 atom stereocenters. The van der Waals surface area contributed by atoms with Crippen molar-refractivity contribution in [1.29, 1.82) is 0 Å². The summed E-state index contributed by atoms with van der Waals surface area (Å²) in [5.41, 5.74) is 1.08. The minimum atomic E-state index is 0.0658. The fourth-order valence-electron chi connectivity index (χ4n) is 2.71. The minimum absolute atomic E-state index is 0.0658. The largest absolute Gasteiger partial charge is 0.497 e. The lowest BCUT2D eigenvalue weighted by Gasteiger charge is -2.22. The van der Waals surface area contributed by atoms with E-state index in [9.17, 15) is 4.79 Å². The molecular formula is C19H19N3O4S. The number of aromatic nitrogens is 2. The summed E-state index contributed by atoms with van der Waals surface area (Å²) in [5.74, 6) is 1.96. The van der Waals surface area contributed by atoms with E-state index in [0.29, 0.717) is 29.5 Å². The molecule has 1 aliphatic carbocycles. The summed E-state index contributed by atoms with van der Waals surface area (Å²) in [7, 11) is 1.64. The SMILES string of the molecule is COc1ccc(CN(C(=O)CSc2nnc(-c3ccco3)o2)C2CC2)cc1. The Labute approximate surface area is 160 Å². The Morgan fingerprint density at radius 1 is 1.26 bits per heavy atom. The van der Waals surface area contributed by atoms with Crippen LogP contribution >= 0.6 is 11.8 Å². The number of methoxy groups -OCH3 is 1. The van der Waals surface area contributed by atoms with Crippen molar-refractivity contribution >= 4 is 17.7 Å². The molecule has 0 aliphatic heterocycles. The van der Waals surface area contributed by atoms with Crippen LogP contribution in [0.1, 0.15) is 18.4 Å². The quantitative estimate of drug-likeness (QED) is 0.548. The number of hydrogen-bond acceptors (Lipinski definition) is 7. The first-order chi connectivity index (χ1) is 13.2. The van der Waals surface area contributed by atoms with Crippen molar-refractivity contribution in [2.75, 3.05) is 12.9 Å². The van der Waals surface area contributed by atoms with Gasteiger partial charge in [0.25, 0.3) is 11.1 Å². The van der Waals surface area contributed by atoms with E-state index in [1.165, 1.54) is 11.8 Å². The van der Waals surface area contributed by atoms with Crippen LogP contribution in [0.4, 0.5) is 0 Å². The van der Waals surface area contributed by atoms with Gasteiger partial charge in [-0.15, -0.1) is 10.2 Å². The van der Waals surface area contributed by atoms with Gasteiger partial charge in [-0.3, -0.25) is 4.79 Å². The zero-order chi connectivity index (χ0) is 18.6. The molecule has 0 saturated heterocycles. The molecule has 8 heteroatoms. The third-order valence-corrected chi connectivity index (χ3v) is 5.08. The zero-order valence-electron chi connectivity index (χ0n) is 14.8. The van der Waals surface area contributed by atoms with Crippen molar-refractivity contribution in [1.82, 2.24) is 15.1 Å². The molecule has 7 nitrogen and oxygen atoms in total. The smallest absolute Gasteiger partial charge is 0.284 e. The van der Waals surface area contributed by atoms with Crippen molar-refractivity contribution < 1.29 is 18.4 Å². The number of carbonyl (C=O) groups is 1. The highest BCUT2D eigenvalue weighted by molar-refractivity contribution is 7.99. The third-order valence-electron chi connectivity index (χ3n) is 4.28. The van der Waals surface area contributed by atoms with Crippen LogP contribution in [0.5, 0.6) is 5.75 Å². The predicted molar refractivity (Wildman–Crippen MR) is 99.3 cm³/mol. The molecule has 0 bridgehead atoms. The summed E-state index contributed by atoms with van der Waals surface area (Å²) in [5, 5.41) is 8.27. The van der Waals surface area contributed by atoms with E-state index >= 15 is 0 Å². The van der Waals surface area contributed by atoms with E-state index in [2.05, 4.69) is 10.2 Å². The molecule has 1 aromatic carbocycles. The van der Waals surface area contributed by atoms with Crippen LogP contribution in [-0.2, 0) is 11.3 Å². The van der Waals surface area contributed by atoms with E-state index < -0.39 is 0 Å². The van der Waals surface area contributed by atoms with Gasteiger partial charge < -0.3 is 18.5 Å². The molecule has 0 unspecified atom stereocenters. The fourth-order valence-corrected chi connectivity index (χ4v) is 3.36. The summed E-state index contributed by atoms with van der Waals surface area (Å²) < 4.78 is 16.0. The first-order valence-corrected chi connectivity index (χ1v) is 9.64. The predicted octanol–water partition coefficient (Wildman–Crippen LogP) is 3.62. The van der Waals surface area contributed by atoms with Gasteiger partial charge in [0.05, 0.1) is 19.1 Å². The zero-order valence-corrected chi connectivity index (χ0v) is 15.6. The maximum atomic E-state index is 12.7. The topological polar surface area (TPSA) is 81.6 Å². The van der Waals surface area contributed by atoms with Crippen molar-refractivity contribution in [2.24, 2.45) is 0 Å². The molecule has 1 aliphatic rings. The van der Waals surface area contributed by atoms with Gasteiger partial charge >= 0.3 is 0 Å². The Hall–Kier alpha value is -2.74. The Bertz CT molecular complexity index is 888. The molecule has 0 N–H and O–H groups in total. The second-order valence-electron chi connectivity index (χ2n) is 6.24. The molecule has 1 amide bonds. The Morgan fingerprint density at radius 2 is 2.07 bits per heavy atom. The molecule has 1 fully saturated rings. The highest BCUT2D eigenvalue weighted by Crippen LogP contribution is 2.30. The molecule has 0 spiro atoms. The Morgan fingerprint density at radius 3 is 2.74 bits per heavy atom. The second kappa shape index (κ2) is 7.87. The third kappa shape index (κ3) is 4.33. The first kappa shape index (κ1) is 17.7. The summed E-state index contributed by atoms with van der Waals surface area (Å²) in [6.45, 7) is 0.593. The summed E-state index contributed by atoms with van der Waals surface area (Å²) in [6.07, 6.45) is 3.65. The van der Waals surface area contributed by atoms with Gasteiger partial charge in [-0.25, -0.2) is 0 Å². The Balaban J connectivity index is 1.36. The van der Waals surface area contributed by atoms with Gasteiger partial charge in [0.15, 0.2) is 5.76 Å². The molecule has 27 heavy (non-hydrogen) atoms. The highest BCUT2D eigenvalue weighted by atomic mass is 32.2. The molecule has 0 radical (unpaired) electrons. The van der Waals surface area contributed by atoms with Crippen LogP contribution in [0.3, 0.4) is 0 Å². The molecule has 1 saturated carbocycles. The Kier molecular flexibility index (Phi) is 5.15. The van der Waals surface area contributed by atoms with Crippen LogP contribution in [0.2, 0.25) is 0 Å². The van der Waals surface area contributed by atoms with E-state index in [4.69, 9.17) is 13.6 Å². The van der Waals surface area contributed by atoms with Gasteiger partial charge in [-0.05, 0) is 42.7 Å². The molecule has 4 rings (SSSR count). The van der Waals surface area contributed by atoms with E-state index in [1.807, 2.05) is 29.2 Å². The van der Waals surface area contributed by atoms with Gasteiger partial charge in [0.2, 0.25) is 5.91 Å². The van der Waals surface area contributed by atoms with Crippen molar-refractivity contribution in [3.63, 3.8) is 0 Å². The number of benzene rings is 1. The minimum Gasteiger partial charge on any atom is -0.497 e. The maximum absolute atomic E-state index is 12.7. The van der Waals surface area contributed by atoms with Gasteiger partial charge in [-0.1, -0.05) is 23.9 Å². The maximum Gasteiger partial charge on any atom is 0.284 e. The lowest BCUT2D eigenvalue weighted by atomic mass is 10.2. The lowest BCUT2D eigenvalue weighted by Crippen LogP contribution is -2.33. The van der Waals surface area contributed by atoms with Crippen LogP contribution in [-0.4, -0.2) is 39.9 Å². The van der Waals surface area contributed by atoms with Gasteiger partial charge in [0.1, 0.15) is 5.75 Å². The van der Waals surface area contributed by atoms with Crippen molar-refractivity contribution in [3.05, 3.63) is 48.2 Å². The number of carbonyl (C=O) groups excluding carboxylic acids is 1. The van der Waals surface area contributed by atoms with E-state index in [-0.39, 0.29) is 11.7 Å². The number of hydrogen-bond donors (Lipinski definition) is 0. The molecule has 3 aromatic rings. The lowest BCUT2D eigenvalue weighted by molar-refractivity contribution is -0.129. The second-order valence-corrected chi connectivity index (χ2v) is 7.17. The molecule has 2 aromatic heterocycles. The summed E-state index contributed by atoms with van der Waals surface area (Å²) in [6, 6.07) is 11.6. The fraction of sp³-hybridized carbons (Fsp3) is 0.316. The van der Waals surface area contributed by atoms with Crippen LogP contribution in [0.15, 0.2) is 56.7 Å². The summed E-state index contributed by atoms with van der Waals surface area (Å²) >= 11 is 1.24. The number of nitrogens with zero attached hydrogens (tertiary/aromatic N) is 3. The molecule has 2 heterocycles. The first-order valence-electron chi connectivity index (χ1n) is 8.65. The molecule has 140 valence electrons. The van der Waals surface area contributed by atoms with Crippen LogP contribution < -0.4 is 4.74 Å². The average molecular weight is 385 g/mol. The number of furan rings is 1. The van der Waals surface area contributed by atoms with Crippen LogP contribution in [0.25, 0.3) is 11.7 Å².